The predicted octanol–water partition coefficient (Wildman–Crippen LogP) is 2.94. The number of aliphatic hydroxyl groups is 1. The number of pyridine rings is 1. The third kappa shape index (κ3) is 6.37. The standard InChI is InChI=1S/C20H31N5O2.HI/c1-7-21-19(23-12-16-9-8-10-22-18(16)25(5)6)24-13-20(4,26)17-11-14(2)27-15(17)3;/h8-11,26H,7,12-13H2,1-6H3,(H2,21,23,24);1H. The minimum Gasteiger partial charge on any atom is -0.466 e. The molecule has 1 atom stereocenters. The van der Waals surface area contributed by atoms with Gasteiger partial charge in [0.05, 0.1) is 13.1 Å². The molecule has 0 aliphatic carbocycles. The van der Waals surface area contributed by atoms with Gasteiger partial charge in [-0.1, -0.05) is 6.07 Å². The van der Waals surface area contributed by atoms with Gasteiger partial charge in [-0.3, -0.25) is 0 Å². The van der Waals surface area contributed by atoms with Crippen LogP contribution in [0.25, 0.3) is 0 Å². The van der Waals surface area contributed by atoms with E-state index in [1.54, 1.807) is 13.1 Å². The number of anilines is 1. The van der Waals surface area contributed by atoms with Gasteiger partial charge < -0.3 is 25.1 Å². The van der Waals surface area contributed by atoms with E-state index >= 15 is 0 Å². The van der Waals surface area contributed by atoms with Crippen molar-refractivity contribution in [2.75, 3.05) is 32.1 Å². The molecular formula is C20H32IN5O2. The Kier molecular flexibility index (Phi) is 9.22. The number of furan rings is 1. The van der Waals surface area contributed by atoms with Crippen LogP contribution in [0, 0.1) is 13.8 Å². The molecule has 1 unspecified atom stereocenters. The predicted molar refractivity (Wildman–Crippen MR) is 125 cm³/mol. The minimum atomic E-state index is -1.07. The summed E-state index contributed by atoms with van der Waals surface area (Å²) in [5.41, 5.74) is 0.750. The molecule has 156 valence electrons. The highest BCUT2D eigenvalue weighted by atomic mass is 127. The molecule has 2 aromatic heterocycles. The maximum Gasteiger partial charge on any atom is 0.191 e. The highest BCUT2D eigenvalue weighted by Gasteiger charge is 2.27. The Balaban J connectivity index is 0.00000392. The van der Waals surface area contributed by atoms with Crippen LogP contribution in [0.15, 0.2) is 33.8 Å². The second-order valence-electron chi connectivity index (χ2n) is 7.03. The Hall–Kier alpha value is -1.81. The quantitative estimate of drug-likeness (QED) is 0.308. The smallest absolute Gasteiger partial charge is 0.191 e. The van der Waals surface area contributed by atoms with Crippen molar-refractivity contribution in [2.24, 2.45) is 4.99 Å². The van der Waals surface area contributed by atoms with Gasteiger partial charge in [0.1, 0.15) is 22.9 Å². The molecule has 0 fully saturated rings. The molecule has 2 rings (SSSR count). The van der Waals surface area contributed by atoms with Crippen LogP contribution in [-0.2, 0) is 12.1 Å². The fourth-order valence-corrected chi connectivity index (χ4v) is 2.98. The molecule has 0 amide bonds. The third-order valence-corrected chi connectivity index (χ3v) is 4.26. The fourth-order valence-electron chi connectivity index (χ4n) is 2.98. The second kappa shape index (κ2) is 10.7. The second-order valence-corrected chi connectivity index (χ2v) is 7.03. The van der Waals surface area contributed by atoms with E-state index in [4.69, 9.17) is 4.42 Å². The van der Waals surface area contributed by atoms with E-state index in [2.05, 4.69) is 20.6 Å². The van der Waals surface area contributed by atoms with E-state index in [9.17, 15) is 5.11 Å². The number of aryl methyl sites for hydroxylation is 2. The molecule has 2 heterocycles. The van der Waals surface area contributed by atoms with Crippen LogP contribution in [0.4, 0.5) is 5.82 Å². The lowest BCUT2D eigenvalue weighted by Crippen LogP contribution is -2.44. The average molecular weight is 501 g/mol. The minimum absolute atomic E-state index is 0. The van der Waals surface area contributed by atoms with E-state index in [0.29, 0.717) is 19.0 Å². The van der Waals surface area contributed by atoms with Crippen LogP contribution < -0.4 is 15.5 Å². The molecule has 0 spiro atoms. The van der Waals surface area contributed by atoms with Gasteiger partial charge in [-0.15, -0.1) is 24.0 Å². The van der Waals surface area contributed by atoms with Gasteiger partial charge in [0.2, 0.25) is 0 Å². The monoisotopic (exact) mass is 501 g/mol. The maximum absolute atomic E-state index is 10.9. The summed E-state index contributed by atoms with van der Waals surface area (Å²) in [7, 11) is 3.93. The molecule has 3 N–H and O–H groups in total. The highest BCUT2D eigenvalue weighted by Crippen LogP contribution is 2.26. The molecule has 0 aliphatic heterocycles. The van der Waals surface area contributed by atoms with Crippen LogP contribution in [0.3, 0.4) is 0 Å². The van der Waals surface area contributed by atoms with E-state index in [1.165, 1.54) is 0 Å². The first-order valence-electron chi connectivity index (χ1n) is 9.18. The van der Waals surface area contributed by atoms with Gasteiger partial charge in [-0.05, 0) is 39.8 Å². The largest absolute Gasteiger partial charge is 0.466 e. The number of rotatable bonds is 7. The van der Waals surface area contributed by atoms with Crippen LogP contribution in [0.5, 0.6) is 0 Å². The SMILES string of the molecule is CCNC(=NCc1cccnc1N(C)C)NCC(C)(O)c1cc(C)oc1C.I. The number of hydrogen-bond acceptors (Lipinski definition) is 5. The Morgan fingerprint density at radius 1 is 1.32 bits per heavy atom. The number of hydrogen-bond donors (Lipinski definition) is 3. The van der Waals surface area contributed by atoms with Crippen LogP contribution in [0.2, 0.25) is 0 Å². The van der Waals surface area contributed by atoms with Crippen LogP contribution in [0.1, 0.15) is 36.5 Å². The zero-order valence-corrected chi connectivity index (χ0v) is 19.9. The Morgan fingerprint density at radius 3 is 2.61 bits per heavy atom. The topological polar surface area (TPSA) is 85.9 Å². The van der Waals surface area contributed by atoms with Crippen molar-refractivity contribution in [1.29, 1.82) is 0 Å². The van der Waals surface area contributed by atoms with E-state index in [1.807, 2.05) is 58.0 Å². The summed E-state index contributed by atoms with van der Waals surface area (Å²) in [5, 5.41) is 17.3. The van der Waals surface area contributed by atoms with Gasteiger partial charge in [-0.2, -0.15) is 0 Å². The third-order valence-electron chi connectivity index (χ3n) is 4.26. The van der Waals surface area contributed by atoms with Gasteiger partial charge in [0, 0.05) is 38.0 Å². The lowest BCUT2D eigenvalue weighted by molar-refractivity contribution is 0.0601. The first-order chi connectivity index (χ1) is 12.7. The molecular weight excluding hydrogens is 469 g/mol. The summed E-state index contributed by atoms with van der Waals surface area (Å²) in [4.78, 5) is 11.0. The summed E-state index contributed by atoms with van der Waals surface area (Å²) < 4.78 is 5.55. The maximum atomic E-state index is 10.9. The highest BCUT2D eigenvalue weighted by molar-refractivity contribution is 14.0. The molecule has 0 radical (unpaired) electrons. The van der Waals surface area contributed by atoms with Crippen molar-refractivity contribution in [2.45, 2.75) is 39.8 Å². The molecule has 0 aliphatic rings. The lowest BCUT2D eigenvalue weighted by Gasteiger charge is -2.24. The number of aromatic nitrogens is 1. The van der Waals surface area contributed by atoms with Crippen LogP contribution in [-0.4, -0.2) is 43.2 Å². The van der Waals surface area contributed by atoms with Gasteiger partial charge in [0.15, 0.2) is 5.96 Å². The molecule has 0 aromatic carbocycles. The summed E-state index contributed by atoms with van der Waals surface area (Å²) in [6, 6.07) is 5.80. The molecule has 2 aromatic rings. The van der Waals surface area contributed by atoms with E-state index in [-0.39, 0.29) is 24.0 Å². The van der Waals surface area contributed by atoms with Gasteiger partial charge in [-0.25, -0.2) is 9.98 Å². The number of halogens is 1. The summed E-state index contributed by atoms with van der Waals surface area (Å²) in [6.07, 6.45) is 1.78. The number of guanidine groups is 1. The number of nitrogens with zero attached hydrogens (tertiary/aromatic N) is 3. The van der Waals surface area contributed by atoms with Crippen molar-refractivity contribution in [3.05, 3.63) is 47.0 Å². The van der Waals surface area contributed by atoms with E-state index < -0.39 is 5.60 Å². The van der Waals surface area contributed by atoms with Crippen molar-refractivity contribution in [1.82, 2.24) is 15.6 Å². The molecule has 0 saturated carbocycles. The first kappa shape index (κ1) is 24.2. The first-order valence-corrected chi connectivity index (χ1v) is 9.18. The zero-order chi connectivity index (χ0) is 20.0. The Morgan fingerprint density at radius 2 is 2.04 bits per heavy atom. The average Bonchev–Trinajstić information content (AvgIpc) is 2.97. The molecule has 8 heteroatoms. The summed E-state index contributed by atoms with van der Waals surface area (Å²) in [5.74, 6) is 3.06. The molecule has 0 bridgehead atoms. The van der Waals surface area contributed by atoms with Crippen molar-refractivity contribution >= 4 is 35.8 Å². The van der Waals surface area contributed by atoms with Gasteiger partial charge in [0.25, 0.3) is 0 Å². The number of nitrogens with one attached hydrogen (secondary N) is 2. The number of aliphatic imine (C=N–C) groups is 1. The molecule has 7 nitrogen and oxygen atoms in total. The van der Waals surface area contributed by atoms with Crippen molar-refractivity contribution in [3.63, 3.8) is 0 Å². The Labute approximate surface area is 184 Å². The zero-order valence-electron chi connectivity index (χ0n) is 17.5. The normalized spacial score (nSPS) is 13.5. The summed E-state index contributed by atoms with van der Waals surface area (Å²) in [6.45, 7) is 9.05. The molecule has 28 heavy (non-hydrogen) atoms. The Bertz CT molecular complexity index is 787. The summed E-state index contributed by atoms with van der Waals surface area (Å²) >= 11 is 0. The van der Waals surface area contributed by atoms with Gasteiger partial charge >= 0.3 is 0 Å². The lowest BCUT2D eigenvalue weighted by atomic mass is 9.96. The van der Waals surface area contributed by atoms with E-state index in [0.717, 1.165) is 35.0 Å². The van der Waals surface area contributed by atoms with Crippen molar-refractivity contribution in [3.8, 4) is 0 Å². The fraction of sp³-hybridized carbons (Fsp3) is 0.500. The van der Waals surface area contributed by atoms with Crippen LogP contribution >= 0.6 is 24.0 Å². The van der Waals surface area contributed by atoms with Crippen molar-refractivity contribution < 1.29 is 9.52 Å². The molecule has 0 saturated heterocycles.